The molecule has 0 aliphatic rings. The van der Waals surface area contributed by atoms with Gasteiger partial charge in [0, 0.05) is 34.4 Å². The van der Waals surface area contributed by atoms with Crippen LogP contribution in [-0.2, 0) is 16.4 Å². The normalized spacial score (nSPS) is 10.4. The number of nitrogens with zero attached hydrogens (tertiary/aromatic N) is 3. The molecule has 5 nitrogen and oxygen atoms in total. The second kappa shape index (κ2) is 7.82. The standard InChI is InChI=1S/C13H21N3O2S.HI/c1-15(2)13(16(3)4)14-10-11-6-8-12(9-7-11)19(5,17)18;/h6-9H,10H2,1-5H3;1H. The maximum atomic E-state index is 11.3. The van der Waals surface area contributed by atoms with Crippen LogP contribution in [0.25, 0.3) is 0 Å². The molecule has 0 atom stereocenters. The number of hydrogen-bond acceptors (Lipinski definition) is 3. The van der Waals surface area contributed by atoms with Gasteiger partial charge in [0.05, 0.1) is 11.4 Å². The number of guanidine groups is 1. The van der Waals surface area contributed by atoms with E-state index in [2.05, 4.69) is 4.99 Å². The Balaban J connectivity index is 0.00000361. The van der Waals surface area contributed by atoms with Crippen LogP contribution in [0, 0.1) is 0 Å². The van der Waals surface area contributed by atoms with Gasteiger partial charge >= 0.3 is 0 Å². The van der Waals surface area contributed by atoms with E-state index in [0.717, 1.165) is 11.5 Å². The third-order valence-electron chi connectivity index (χ3n) is 2.55. The van der Waals surface area contributed by atoms with E-state index in [9.17, 15) is 8.42 Å². The van der Waals surface area contributed by atoms with Crippen LogP contribution in [0.5, 0.6) is 0 Å². The van der Waals surface area contributed by atoms with E-state index in [4.69, 9.17) is 0 Å². The minimum absolute atomic E-state index is 0. The van der Waals surface area contributed by atoms with Crippen molar-refractivity contribution in [1.29, 1.82) is 0 Å². The molecule has 0 heterocycles. The third kappa shape index (κ3) is 5.66. The highest BCUT2D eigenvalue weighted by Crippen LogP contribution is 2.11. The van der Waals surface area contributed by atoms with E-state index in [0.29, 0.717) is 11.4 Å². The summed E-state index contributed by atoms with van der Waals surface area (Å²) in [6.45, 7) is 0.524. The maximum Gasteiger partial charge on any atom is 0.195 e. The molecule has 0 bridgehead atoms. The quantitative estimate of drug-likeness (QED) is 0.432. The van der Waals surface area contributed by atoms with Crippen LogP contribution in [0.4, 0.5) is 0 Å². The monoisotopic (exact) mass is 411 g/mol. The number of benzene rings is 1. The molecule has 1 rings (SSSR count). The molecule has 1 aromatic carbocycles. The van der Waals surface area contributed by atoms with Crippen LogP contribution in [0.2, 0.25) is 0 Å². The molecular weight excluding hydrogens is 389 g/mol. The summed E-state index contributed by atoms with van der Waals surface area (Å²) in [4.78, 5) is 8.71. The van der Waals surface area contributed by atoms with Crippen molar-refractivity contribution in [2.24, 2.45) is 4.99 Å². The Bertz CT molecular complexity index is 541. The van der Waals surface area contributed by atoms with Gasteiger partial charge in [-0.1, -0.05) is 12.1 Å². The summed E-state index contributed by atoms with van der Waals surface area (Å²) in [5.41, 5.74) is 0.980. The average molecular weight is 411 g/mol. The van der Waals surface area contributed by atoms with Crippen molar-refractivity contribution in [2.75, 3.05) is 34.4 Å². The lowest BCUT2D eigenvalue weighted by Gasteiger charge is -2.22. The molecule has 20 heavy (non-hydrogen) atoms. The highest BCUT2D eigenvalue weighted by atomic mass is 127. The molecule has 0 radical (unpaired) electrons. The molecule has 7 heteroatoms. The van der Waals surface area contributed by atoms with Gasteiger partial charge in [-0.25, -0.2) is 13.4 Å². The van der Waals surface area contributed by atoms with Crippen LogP contribution in [0.15, 0.2) is 34.2 Å². The van der Waals surface area contributed by atoms with Crippen molar-refractivity contribution in [1.82, 2.24) is 9.80 Å². The SMILES string of the molecule is CN(C)C(=NCc1ccc(S(C)(=O)=O)cc1)N(C)C.I. The molecule has 0 amide bonds. The lowest BCUT2D eigenvalue weighted by molar-refractivity contribution is 0.479. The number of aliphatic imine (C=N–C) groups is 1. The van der Waals surface area contributed by atoms with E-state index < -0.39 is 9.84 Å². The minimum atomic E-state index is -3.13. The second-order valence-electron chi connectivity index (χ2n) is 4.82. The zero-order valence-electron chi connectivity index (χ0n) is 12.5. The van der Waals surface area contributed by atoms with Gasteiger partial charge in [-0.3, -0.25) is 0 Å². The van der Waals surface area contributed by atoms with E-state index in [1.54, 1.807) is 24.3 Å². The topological polar surface area (TPSA) is 53.0 Å². The number of rotatable bonds is 3. The van der Waals surface area contributed by atoms with Gasteiger partial charge in [0.2, 0.25) is 0 Å². The predicted octanol–water partition coefficient (Wildman–Crippen LogP) is 1.69. The second-order valence-corrected chi connectivity index (χ2v) is 6.84. The summed E-state index contributed by atoms with van der Waals surface area (Å²) >= 11 is 0. The highest BCUT2D eigenvalue weighted by molar-refractivity contribution is 14.0. The molecule has 0 aromatic heterocycles. The van der Waals surface area contributed by atoms with Crippen molar-refractivity contribution in [3.05, 3.63) is 29.8 Å². The fourth-order valence-corrected chi connectivity index (χ4v) is 2.32. The number of sulfone groups is 1. The lowest BCUT2D eigenvalue weighted by atomic mass is 10.2. The molecular formula is C13H22IN3O2S. The summed E-state index contributed by atoms with van der Waals surface area (Å²) in [5.74, 6) is 0.868. The first kappa shape index (κ1) is 19.2. The number of hydrogen-bond donors (Lipinski definition) is 0. The predicted molar refractivity (Wildman–Crippen MR) is 93.5 cm³/mol. The Morgan fingerprint density at radius 1 is 1.05 bits per heavy atom. The van der Waals surface area contributed by atoms with Gasteiger partial charge in [-0.05, 0) is 17.7 Å². The fraction of sp³-hybridized carbons (Fsp3) is 0.462. The molecule has 0 saturated heterocycles. The van der Waals surface area contributed by atoms with Gasteiger partial charge < -0.3 is 9.80 Å². The van der Waals surface area contributed by atoms with E-state index in [1.165, 1.54) is 6.26 Å². The van der Waals surface area contributed by atoms with Gasteiger partial charge in [0.15, 0.2) is 15.8 Å². The first-order valence-corrected chi connectivity index (χ1v) is 7.79. The first-order valence-electron chi connectivity index (χ1n) is 5.90. The van der Waals surface area contributed by atoms with Crippen LogP contribution < -0.4 is 0 Å². The minimum Gasteiger partial charge on any atom is -0.349 e. The Morgan fingerprint density at radius 3 is 1.85 bits per heavy atom. The molecule has 0 saturated carbocycles. The van der Waals surface area contributed by atoms with Crippen LogP contribution in [-0.4, -0.2) is 58.6 Å². The summed E-state index contributed by atoms with van der Waals surface area (Å²) in [7, 11) is 4.61. The fourth-order valence-electron chi connectivity index (χ4n) is 1.69. The molecule has 0 unspecified atom stereocenters. The lowest BCUT2D eigenvalue weighted by Crippen LogP contribution is -2.35. The Hall–Kier alpha value is -0.830. The smallest absolute Gasteiger partial charge is 0.195 e. The molecule has 0 fully saturated rings. The zero-order chi connectivity index (χ0) is 14.6. The summed E-state index contributed by atoms with van der Waals surface area (Å²) in [5, 5.41) is 0. The Morgan fingerprint density at radius 2 is 1.50 bits per heavy atom. The van der Waals surface area contributed by atoms with Crippen LogP contribution in [0.1, 0.15) is 5.56 Å². The van der Waals surface area contributed by atoms with Crippen molar-refractivity contribution in [3.63, 3.8) is 0 Å². The van der Waals surface area contributed by atoms with Gasteiger partial charge in [-0.2, -0.15) is 0 Å². The number of halogens is 1. The summed E-state index contributed by atoms with van der Waals surface area (Å²) < 4.78 is 22.7. The molecule has 1 aromatic rings. The van der Waals surface area contributed by atoms with Gasteiger partial charge in [0.1, 0.15) is 0 Å². The third-order valence-corrected chi connectivity index (χ3v) is 3.68. The summed E-state index contributed by atoms with van der Waals surface area (Å²) in [6.07, 6.45) is 1.20. The van der Waals surface area contributed by atoms with Crippen molar-refractivity contribution >= 4 is 39.8 Å². The highest BCUT2D eigenvalue weighted by Gasteiger charge is 2.07. The Kier molecular flexibility index (Phi) is 7.50. The van der Waals surface area contributed by atoms with E-state index in [1.807, 2.05) is 38.0 Å². The Labute approximate surface area is 138 Å². The first-order chi connectivity index (χ1) is 8.71. The zero-order valence-corrected chi connectivity index (χ0v) is 15.6. The maximum absolute atomic E-state index is 11.3. The van der Waals surface area contributed by atoms with Gasteiger partial charge in [0.25, 0.3) is 0 Å². The van der Waals surface area contributed by atoms with Crippen LogP contribution in [0.3, 0.4) is 0 Å². The van der Waals surface area contributed by atoms with E-state index >= 15 is 0 Å². The van der Waals surface area contributed by atoms with Gasteiger partial charge in [-0.15, -0.1) is 24.0 Å². The van der Waals surface area contributed by atoms with Crippen molar-refractivity contribution in [2.45, 2.75) is 11.4 Å². The van der Waals surface area contributed by atoms with Crippen LogP contribution >= 0.6 is 24.0 Å². The molecule has 114 valence electrons. The molecule has 0 spiro atoms. The molecule has 0 aliphatic carbocycles. The van der Waals surface area contributed by atoms with Crippen molar-refractivity contribution < 1.29 is 8.42 Å². The van der Waals surface area contributed by atoms with E-state index in [-0.39, 0.29) is 24.0 Å². The average Bonchev–Trinajstić information content (AvgIpc) is 2.27. The largest absolute Gasteiger partial charge is 0.349 e. The molecule has 0 N–H and O–H groups in total. The molecule has 0 aliphatic heterocycles. The summed E-state index contributed by atoms with van der Waals surface area (Å²) in [6, 6.07) is 6.82. The van der Waals surface area contributed by atoms with Crippen molar-refractivity contribution in [3.8, 4) is 0 Å².